The lowest BCUT2D eigenvalue weighted by molar-refractivity contribution is 0.0382. The first-order valence-corrected chi connectivity index (χ1v) is 16.2. The maximum Gasteiger partial charge on any atom is 0.339 e. The van der Waals surface area contributed by atoms with E-state index in [9.17, 15) is 19.8 Å². The Morgan fingerprint density at radius 3 is 1.39 bits per heavy atom. The van der Waals surface area contributed by atoms with Gasteiger partial charge in [0.15, 0.2) is 0 Å². The van der Waals surface area contributed by atoms with Crippen LogP contribution in [0.2, 0.25) is 0 Å². The minimum Gasteiger partial charge on any atom is -0.507 e. The van der Waals surface area contributed by atoms with E-state index in [1.165, 1.54) is 0 Å². The van der Waals surface area contributed by atoms with E-state index in [0.29, 0.717) is 37.2 Å². The quantitative estimate of drug-likeness (QED) is 0.249. The summed E-state index contributed by atoms with van der Waals surface area (Å²) >= 11 is 0. The van der Waals surface area contributed by atoms with Crippen molar-refractivity contribution in [2.75, 3.05) is 13.2 Å². The molecule has 5 rings (SSSR count). The highest BCUT2D eigenvalue weighted by Crippen LogP contribution is 2.44. The summed E-state index contributed by atoms with van der Waals surface area (Å²) in [5.41, 5.74) is 7.55. The van der Waals surface area contributed by atoms with Gasteiger partial charge in [-0.2, -0.15) is 0 Å². The van der Waals surface area contributed by atoms with Crippen molar-refractivity contribution in [3.63, 3.8) is 0 Å². The third-order valence-electron chi connectivity index (χ3n) is 10.4. The largest absolute Gasteiger partial charge is 0.507 e. The van der Waals surface area contributed by atoms with Gasteiger partial charge in [0.2, 0.25) is 0 Å². The lowest BCUT2D eigenvalue weighted by Gasteiger charge is -2.34. The van der Waals surface area contributed by atoms with Crippen LogP contribution in [0.1, 0.15) is 91.9 Å². The first-order valence-electron chi connectivity index (χ1n) is 16.2. The number of hydrogen-bond acceptors (Lipinski definition) is 8. The molecule has 2 N–H and O–H groups in total. The van der Waals surface area contributed by atoms with Gasteiger partial charge in [0.1, 0.15) is 23.0 Å². The third-order valence-corrected chi connectivity index (χ3v) is 10.4. The number of phenols is 2. The Hall–Kier alpha value is -4.20. The van der Waals surface area contributed by atoms with Crippen molar-refractivity contribution in [3.8, 4) is 23.0 Å². The number of fused-ring (bicyclic) bond motifs is 2. The number of benzene rings is 3. The van der Waals surface area contributed by atoms with Gasteiger partial charge in [-0.25, -0.2) is 9.59 Å². The summed E-state index contributed by atoms with van der Waals surface area (Å²) in [5, 5.41) is 21.1. The molecule has 2 heterocycles. The van der Waals surface area contributed by atoms with Gasteiger partial charge in [-0.3, -0.25) is 0 Å². The fraction of sp³-hybridized carbons (Fsp3) is 0.474. The molecule has 8 heteroatoms. The van der Waals surface area contributed by atoms with Crippen molar-refractivity contribution in [2.45, 2.75) is 93.3 Å². The summed E-state index contributed by atoms with van der Waals surface area (Å²) < 4.78 is 23.9. The number of phenolic OH excluding ortho intramolecular Hbond substituents is 2. The molecule has 2 aliphatic heterocycles. The van der Waals surface area contributed by atoms with E-state index in [1.807, 2.05) is 55.4 Å². The molecule has 46 heavy (non-hydrogen) atoms. The van der Waals surface area contributed by atoms with E-state index in [4.69, 9.17) is 18.9 Å². The van der Waals surface area contributed by atoms with Gasteiger partial charge >= 0.3 is 11.9 Å². The smallest absolute Gasteiger partial charge is 0.339 e. The number of aromatic hydroxyl groups is 2. The molecule has 0 bridgehead atoms. The summed E-state index contributed by atoms with van der Waals surface area (Å²) in [5.74, 6) is 1.32. The van der Waals surface area contributed by atoms with Crippen molar-refractivity contribution in [1.29, 1.82) is 0 Å². The second kappa shape index (κ2) is 13.3. The number of rotatable bonds is 8. The van der Waals surface area contributed by atoms with Crippen LogP contribution in [0.15, 0.2) is 24.3 Å². The summed E-state index contributed by atoms with van der Waals surface area (Å²) in [6.45, 7) is 15.9. The number of carbonyl (C=O) groups is 2. The number of ether oxygens (including phenoxy) is 4. The molecule has 0 saturated heterocycles. The fourth-order valence-corrected chi connectivity index (χ4v) is 6.84. The minimum atomic E-state index is -0.579. The summed E-state index contributed by atoms with van der Waals surface area (Å²) in [6.07, 6.45) is 2.43. The zero-order chi connectivity index (χ0) is 33.4. The molecule has 0 aliphatic carbocycles. The summed E-state index contributed by atoms with van der Waals surface area (Å²) in [4.78, 5) is 26.3. The highest BCUT2D eigenvalue weighted by Gasteiger charge is 2.33. The highest BCUT2D eigenvalue weighted by atomic mass is 16.5. The highest BCUT2D eigenvalue weighted by molar-refractivity contribution is 6.03. The normalized spacial score (nSPS) is 20.2. The molecule has 0 fully saturated rings. The zero-order valence-electron chi connectivity index (χ0n) is 28.2. The molecule has 3 aromatic rings. The number of carbonyl (C=O) groups excluding carboxylic acids is 2. The predicted octanol–water partition coefficient (Wildman–Crippen LogP) is 7.32. The van der Waals surface area contributed by atoms with Crippen molar-refractivity contribution in [1.82, 2.24) is 0 Å². The molecule has 0 aromatic heterocycles. The first kappa shape index (κ1) is 33.2. The van der Waals surface area contributed by atoms with Crippen LogP contribution >= 0.6 is 0 Å². The Bertz CT molecular complexity index is 1550. The van der Waals surface area contributed by atoms with Crippen LogP contribution in [0.5, 0.6) is 23.0 Å². The molecular formula is C38H46O8. The molecule has 8 nitrogen and oxygen atoms in total. The molecule has 4 unspecified atom stereocenters. The fourth-order valence-electron chi connectivity index (χ4n) is 6.84. The standard InChI is InChI=1S/C38H46O8/c1-19-21(3)35-31(23(5)33(19)39)17-27(25(7)45-35)13-15-43-37(41)29-11-9-10-12-30(29)38(42)44-16-14-28-18-32-24(6)34(40)20(2)22(4)36(32)46-26(28)8/h9-12,25-28,39-40H,13-18H2,1-8H3. The third kappa shape index (κ3) is 6.14. The van der Waals surface area contributed by atoms with Crippen LogP contribution in [0.4, 0.5) is 0 Å². The van der Waals surface area contributed by atoms with Crippen molar-refractivity contribution in [2.24, 2.45) is 11.8 Å². The molecule has 246 valence electrons. The average Bonchev–Trinajstić information content (AvgIpc) is 3.05. The summed E-state index contributed by atoms with van der Waals surface area (Å²) in [7, 11) is 0. The molecule has 0 spiro atoms. The maximum absolute atomic E-state index is 13.1. The van der Waals surface area contributed by atoms with Crippen molar-refractivity contribution >= 4 is 11.9 Å². The van der Waals surface area contributed by atoms with Crippen LogP contribution in [0, 0.1) is 53.4 Å². The average molecular weight is 631 g/mol. The Balaban J connectivity index is 1.17. The minimum absolute atomic E-state index is 0.0796. The lowest BCUT2D eigenvalue weighted by atomic mass is 9.84. The number of esters is 2. The molecule has 0 amide bonds. The Labute approximate surface area is 271 Å². The van der Waals surface area contributed by atoms with Crippen LogP contribution in [0.25, 0.3) is 0 Å². The van der Waals surface area contributed by atoms with Gasteiger partial charge in [0.05, 0.1) is 36.5 Å². The topological polar surface area (TPSA) is 112 Å². The van der Waals surface area contributed by atoms with E-state index >= 15 is 0 Å². The van der Waals surface area contributed by atoms with Gasteiger partial charge in [0.25, 0.3) is 0 Å². The molecule has 2 aliphatic rings. The predicted molar refractivity (Wildman–Crippen MR) is 175 cm³/mol. The number of hydrogen-bond donors (Lipinski definition) is 2. The van der Waals surface area contributed by atoms with Gasteiger partial charge in [-0.15, -0.1) is 0 Å². The van der Waals surface area contributed by atoms with E-state index in [1.54, 1.807) is 24.3 Å². The monoisotopic (exact) mass is 630 g/mol. The van der Waals surface area contributed by atoms with E-state index in [-0.39, 0.29) is 48.4 Å². The van der Waals surface area contributed by atoms with Crippen LogP contribution in [-0.2, 0) is 22.3 Å². The Kier molecular flexibility index (Phi) is 9.57. The molecule has 3 aromatic carbocycles. The van der Waals surface area contributed by atoms with Crippen LogP contribution in [0.3, 0.4) is 0 Å². The zero-order valence-corrected chi connectivity index (χ0v) is 28.2. The molecule has 0 saturated carbocycles. The molecule has 0 radical (unpaired) electrons. The Morgan fingerprint density at radius 2 is 1.02 bits per heavy atom. The van der Waals surface area contributed by atoms with E-state index in [2.05, 4.69) is 0 Å². The maximum atomic E-state index is 13.1. The van der Waals surface area contributed by atoms with Crippen LogP contribution in [-0.4, -0.2) is 47.6 Å². The second-order valence-electron chi connectivity index (χ2n) is 13.0. The lowest BCUT2D eigenvalue weighted by Crippen LogP contribution is -2.32. The Morgan fingerprint density at radius 1 is 0.652 bits per heavy atom. The molecular weight excluding hydrogens is 584 g/mol. The summed E-state index contributed by atoms with van der Waals surface area (Å²) in [6, 6.07) is 6.54. The second-order valence-corrected chi connectivity index (χ2v) is 13.0. The van der Waals surface area contributed by atoms with Crippen molar-refractivity contribution < 1.29 is 38.7 Å². The molecule has 4 atom stereocenters. The van der Waals surface area contributed by atoms with E-state index in [0.717, 1.165) is 56.0 Å². The SMILES string of the molecule is Cc1c(C)c2c(c(C)c1O)CC(CCOC(=O)c1ccccc1C(=O)OCCC1Cc3c(C)c(O)c(C)c(C)c3OC1C)C(C)O2. The van der Waals surface area contributed by atoms with Crippen molar-refractivity contribution in [3.05, 3.63) is 79.9 Å². The first-order chi connectivity index (χ1) is 21.8. The van der Waals surface area contributed by atoms with Crippen LogP contribution < -0.4 is 9.47 Å². The van der Waals surface area contributed by atoms with Gasteiger partial charge in [-0.05, 0) is 127 Å². The van der Waals surface area contributed by atoms with E-state index < -0.39 is 11.9 Å². The van der Waals surface area contributed by atoms with Gasteiger partial charge in [0, 0.05) is 23.0 Å². The van der Waals surface area contributed by atoms with Gasteiger partial charge < -0.3 is 29.2 Å². The van der Waals surface area contributed by atoms with Gasteiger partial charge in [-0.1, -0.05) is 12.1 Å².